The summed E-state index contributed by atoms with van der Waals surface area (Å²) in [5, 5.41) is 0. The molecule has 0 atom stereocenters. The third-order valence-corrected chi connectivity index (χ3v) is 6.24. The molecule has 0 saturated carbocycles. The van der Waals surface area contributed by atoms with E-state index in [9.17, 15) is 9.18 Å². The van der Waals surface area contributed by atoms with Crippen molar-refractivity contribution in [2.75, 3.05) is 20.1 Å². The molecule has 6 heteroatoms. The minimum absolute atomic E-state index is 0.142. The SMILES string of the molecule is CC(C)N1CCC(N(C)C(=O)c2ccc(Cn3cnc4ccccc43)cc2F)CC1. The van der Waals surface area contributed by atoms with Crippen LogP contribution in [0.2, 0.25) is 0 Å². The van der Waals surface area contributed by atoms with E-state index in [1.807, 2.05) is 34.9 Å². The lowest BCUT2D eigenvalue weighted by atomic mass is 10.0. The van der Waals surface area contributed by atoms with Crippen LogP contribution in [0.1, 0.15) is 42.6 Å². The van der Waals surface area contributed by atoms with Crippen LogP contribution in [-0.2, 0) is 6.54 Å². The van der Waals surface area contributed by atoms with Crippen molar-refractivity contribution in [3.63, 3.8) is 0 Å². The largest absolute Gasteiger partial charge is 0.339 e. The third kappa shape index (κ3) is 4.10. The normalized spacial score (nSPS) is 15.8. The van der Waals surface area contributed by atoms with Gasteiger partial charge in [-0.1, -0.05) is 18.2 Å². The van der Waals surface area contributed by atoms with Crippen LogP contribution >= 0.6 is 0 Å². The second-order valence-corrected chi connectivity index (χ2v) is 8.45. The number of hydrogen-bond acceptors (Lipinski definition) is 3. The molecule has 2 heterocycles. The van der Waals surface area contributed by atoms with Crippen LogP contribution in [0, 0.1) is 5.82 Å². The van der Waals surface area contributed by atoms with Gasteiger partial charge in [0.05, 0.1) is 22.9 Å². The van der Waals surface area contributed by atoms with E-state index in [0.29, 0.717) is 12.6 Å². The number of amides is 1. The van der Waals surface area contributed by atoms with Crippen molar-refractivity contribution < 1.29 is 9.18 Å². The van der Waals surface area contributed by atoms with E-state index in [1.54, 1.807) is 24.3 Å². The van der Waals surface area contributed by atoms with Crippen LogP contribution in [0.3, 0.4) is 0 Å². The molecule has 0 bridgehead atoms. The molecule has 158 valence electrons. The molecule has 3 aromatic rings. The molecule has 1 amide bonds. The predicted octanol–water partition coefficient (Wildman–Crippen LogP) is 4.17. The van der Waals surface area contributed by atoms with Gasteiger partial charge in [-0.15, -0.1) is 0 Å². The second kappa shape index (κ2) is 8.56. The van der Waals surface area contributed by atoms with Gasteiger partial charge in [-0.25, -0.2) is 9.37 Å². The standard InChI is InChI=1S/C24H29FN4O/c1-17(2)28-12-10-19(11-13-28)27(3)24(30)20-9-8-18(14-21(20)25)15-29-16-26-22-6-4-5-7-23(22)29/h4-9,14,16-17,19H,10-13,15H2,1-3H3. The van der Waals surface area contributed by atoms with Gasteiger partial charge in [0, 0.05) is 38.8 Å². The average Bonchev–Trinajstić information content (AvgIpc) is 3.16. The van der Waals surface area contributed by atoms with Crippen molar-refractivity contribution in [3.8, 4) is 0 Å². The quantitative estimate of drug-likeness (QED) is 0.636. The number of rotatable bonds is 5. The fourth-order valence-corrected chi connectivity index (χ4v) is 4.31. The van der Waals surface area contributed by atoms with Crippen molar-refractivity contribution in [1.29, 1.82) is 0 Å². The number of imidazole rings is 1. The fourth-order valence-electron chi connectivity index (χ4n) is 4.31. The summed E-state index contributed by atoms with van der Waals surface area (Å²) >= 11 is 0. The number of piperidine rings is 1. The Bertz CT molecular complexity index is 1040. The van der Waals surface area contributed by atoms with Crippen LogP contribution in [0.4, 0.5) is 4.39 Å². The Balaban J connectivity index is 1.45. The summed E-state index contributed by atoms with van der Waals surface area (Å²) in [7, 11) is 1.79. The van der Waals surface area contributed by atoms with Gasteiger partial charge < -0.3 is 14.4 Å². The van der Waals surface area contributed by atoms with Crippen LogP contribution in [-0.4, -0.2) is 57.5 Å². The first-order valence-electron chi connectivity index (χ1n) is 10.6. The fraction of sp³-hybridized carbons (Fsp3) is 0.417. The zero-order chi connectivity index (χ0) is 21.3. The lowest BCUT2D eigenvalue weighted by molar-refractivity contribution is 0.0611. The van der Waals surface area contributed by atoms with Crippen molar-refractivity contribution in [3.05, 3.63) is 65.7 Å². The van der Waals surface area contributed by atoms with Crippen LogP contribution < -0.4 is 0 Å². The molecule has 1 saturated heterocycles. The van der Waals surface area contributed by atoms with Gasteiger partial charge in [-0.3, -0.25) is 4.79 Å². The zero-order valence-corrected chi connectivity index (χ0v) is 17.9. The monoisotopic (exact) mass is 408 g/mol. The Morgan fingerprint density at radius 3 is 2.63 bits per heavy atom. The number of fused-ring (bicyclic) bond motifs is 1. The van der Waals surface area contributed by atoms with Crippen molar-refractivity contribution >= 4 is 16.9 Å². The number of benzene rings is 2. The molecule has 1 aromatic heterocycles. The number of hydrogen-bond donors (Lipinski definition) is 0. The maximum Gasteiger partial charge on any atom is 0.256 e. The summed E-state index contributed by atoms with van der Waals surface area (Å²) in [6.07, 6.45) is 3.61. The van der Waals surface area contributed by atoms with E-state index in [1.165, 1.54) is 6.07 Å². The highest BCUT2D eigenvalue weighted by molar-refractivity contribution is 5.94. The summed E-state index contributed by atoms with van der Waals surface area (Å²) < 4.78 is 16.8. The molecule has 0 unspecified atom stereocenters. The Morgan fingerprint density at radius 1 is 1.20 bits per heavy atom. The first-order chi connectivity index (χ1) is 14.4. The maximum absolute atomic E-state index is 14.9. The van der Waals surface area contributed by atoms with Gasteiger partial charge in [-0.05, 0) is 56.5 Å². The van der Waals surface area contributed by atoms with E-state index >= 15 is 0 Å². The highest BCUT2D eigenvalue weighted by Crippen LogP contribution is 2.21. The maximum atomic E-state index is 14.9. The predicted molar refractivity (Wildman–Crippen MR) is 117 cm³/mol. The Kier molecular flexibility index (Phi) is 5.86. The molecule has 1 fully saturated rings. The lowest BCUT2D eigenvalue weighted by Gasteiger charge is -2.38. The van der Waals surface area contributed by atoms with Gasteiger partial charge in [0.2, 0.25) is 0 Å². The summed E-state index contributed by atoms with van der Waals surface area (Å²) in [5.41, 5.74) is 2.86. The summed E-state index contributed by atoms with van der Waals surface area (Å²) in [5.74, 6) is -0.705. The summed E-state index contributed by atoms with van der Waals surface area (Å²) in [4.78, 5) is 21.5. The summed E-state index contributed by atoms with van der Waals surface area (Å²) in [6, 6.07) is 13.5. The van der Waals surface area contributed by atoms with E-state index in [2.05, 4.69) is 23.7 Å². The van der Waals surface area contributed by atoms with Crippen molar-refractivity contribution in [1.82, 2.24) is 19.4 Å². The van der Waals surface area contributed by atoms with Gasteiger partial charge in [0.1, 0.15) is 5.82 Å². The van der Waals surface area contributed by atoms with Gasteiger partial charge in [0.25, 0.3) is 5.91 Å². The Labute approximate surface area is 177 Å². The van der Waals surface area contributed by atoms with E-state index in [-0.39, 0.29) is 17.5 Å². The summed E-state index contributed by atoms with van der Waals surface area (Å²) in [6.45, 7) is 6.84. The number of carbonyl (C=O) groups is 1. The third-order valence-electron chi connectivity index (χ3n) is 6.24. The number of nitrogens with zero attached hydrogens (tertiary/aromatic N) is 4. The van der Waals surface area contributed by atoms with E-state index in [4.69, 9.17) is 0 Å². The molecule has 0 N–H and O–H groups in total. The molecular weight excluding hydrogens is 379 g/mol. The van der Waals surface area contributed by atoms with Gasteiger partial charge >= 0.3 is 0 Å². The minimum Gasteiger partial charge on any atom is -0.339 e. The number of para-hydroxylation sites is 2. The molecule has 4 rings (SSSR count). The van der Waals surface area contributed by atoms with Crippen LogP contribution in [0.5, 0.6) is 0 Å². The molecule has 0 radical (unpaired) electrons. The lowest BCUT2D eigenvalue weighted by Crippen LogP contribution is -2.47. The number of carbonyl (C=O) groups excluding carboxylic acids is 1. The average molecular weight is 409 g/mol. The minimum atomic E-state index is -0.464. The van der Waals surface area contributed by atoms with Gasteiger partial charge in [0.15, 0.2) is 0 Å². The van der Waals surface area contributed by atoms with E-state index in [0.717, 1.165) is 42.5 Å². The molecule has 30 heavy (non-hydrogen) atoms. The smallest absolute Gasteiger partial charge is 0.256 e. The van der Waals surface area contributed by atoms with Crippen molar-refractivity contribution in [2.45, 2.75) is 45.3 Å². The highest BCUT2D eigenvalue weighted by Gasteiger charge is 2.28. The zero-order valence-electron chi connectivity index (χ0n) is 17.9. The molecule has 0 aliphatic carbocycles. The topological polar surface area (TPSA) is 41.4 Å². The Morgan fingerprint density at radius 2 is 1.93 bits per heavy atom. The molecular formula is C24H29FN4O. The van der Waals surface area contributed by atoms with Crippen molar-refractivity contribution in [2.24, 2.45) is 0 Å². The number of aromatic nitrogens is 2. The number of likely N-dealkylation sites (tertiary alicyclic amines) is 1. The Hall–Kier alpha value is -2.73. The molecule has 0 spiro atoms. The highest BCUT2D eigenvalue weighted by atomic mass is 19.1. The molecule has 5 nitrogen and oxygen atoms in total. The first kappa shape index (κ1) is 20.5. The molecule has 1 aliphatic rings. The van der Waals surface area contributed by atoms with Crippen LogP contribution in [0.15, 0.2) is 48.8 Å². The van der Waals surface area contributed by atoms with Crippen LogP contribution in [0.25, 0.3) is 11.0 Å². The molecule has 2 aromatic carbocycles. The second-order valence-electron chi connectivity index (χ2n) is 8.45. The van der Waals surface area contributed by atoms with Gasteiger partial charge in [-0.2, -0.15) is 0 Å². The number of halogens is 1. The first-order valence-corrected chi connectivity index (χ1v) is 10.6. The van der Waals surface area contributed by atoms with E-state index < -0.39 is 5.82 Å². The molecule has 1 aliphatic heterocycles.